The summed E-state index contributed by atoms with van der Waals surface area (Å²) in [4.78, 5) is 1.82. The fourth-order valence-corrected chi connectivity index (χ4v) is 2.24. The molecule has 1 fully saturated rings. The molecule has 1 aromatic carbocycles. The van der Waals surface area contributed by atoms with Crippen molar-refractivity contribution < 1.29 is 19.3 Å². The van der Waals surface area contributed by atoms with Crippen LogP contribution >= 0.6 is 0 Å². The Morgan fingerprint density at radius 1 is 1.56 bits per heavy atom. The maximum Gasteiger partial charge on any atom is 0.146 e. The predicted molar refractivity (Wildman–Crippen MR) is 66.1 cm³/mol. The fourth-order valence-electron chi connectivity index (χ4n) is 2.24. The Labute approximate surface area is 106 Å². The molecule has 0 saturated carbocycles. The molecular weight excluding hydrogens is 237 g/mol. The van der Waals surface area contributed by atoms with Crippen molar-refractivity contribution in [3.63, 3.8) is 0 Å². The van der Waals surface area contributed by atoms with Gasteiger partial charge in [0.25, 0.3) is 0 Å². The molecule has 2 atom stereocenters. The van der Waals surface area contributed by atoms with Crippen molar-refractivity contribution in [2.45, 2.75) is 19.1 Å². The molecule has 2 N–H and O–H groups in total. The molecule has 2 unspecified atom stereocenters. The number of halogens is 1. The second-order valence-electron chi connectivity index (χ2n) is 4.48. The van der Waals surface area contributed by atoms with E-state index < -0.39 is 6.10 Å². The molecule has 2 rings (SSSR count). The van der Waals surface area contributed by atoms with Gasteiger partial charge in [0.15, 0.2) is 0 Å². The van der Waals surface area contributed by atoms with Crippen molar-refractivity contribution in [3.05, 3.63) is 29.6 Å². The molecule has 0 aromatic heterocycles. The first-order valence-corrected chi connectivity index (χ1v) is 6.07. The molecule has 1 aliphatic rings. The SMILES string of the molecule is CC(O)c1cccc(F)c1N1CCOC(CO)C1. The molecule has 1 heterocycles. The largest absolute Gasteiger partial charge is 0.394 e. The summed E-state index contributed by atoms with van der Waals surface area (Å²) in [5.41, 5.74) is 0.975. The number of morpholine rings is 1. The zero-order valence-corrected chi connectivity index (χ0v) is 10.3. The molecule has 100 valence electrons. The average Bonchev–Trinajstić information content (AvgIpc) is 2.38. The molecule has 1 aliphatic heterocycles. The Balaban J connectivity index is 2.31. The Morgan fingerprint density at radius 2 is 2.33 bits per heavy atom. The van der Waals surface area contributed by atoms with E-state index in [4.69, 9.17) is 9.84 Å². The van der Waals surface area contributed by atoms with Crippen molar-refractivity contribution in [1.82, 2.24) is 0 Å². The molecule has 1 saturated heterocycles. The number of anilines is 1. The molecular formula is C13H18FNO3. The highest BCUT2D eigenvalue weighted by molar-refractivity contribution is 5.56. The Bertz CT molecular complexity index is 411. The number of aliphatic hydroxyl groups excluding tert-OH is 2. The first kappa shape index (κ1) is 13.3. The number of hydrogen-bond acceptors (Lipinski definition) is 4. The van der Waals surface area contributed by atoms with Crippen LogP contribution in [-0.2, 0) is 4.74 Å². The summed E-state index contributed by atoms with van der Waals surface area (Å²) in [5, 5.41) is 18.8. The minimum absolute atomic E-state index is 0.0883. The number of rotatable bonds is 3. The Kier molecular flexibility index (Phi) is 4.16. The summed E-state index contributed by atoms with van der Waals surface area (Å²) in [6.07, 6.45) is -1.04. The normalized spacial score (nSPS) is 22.0. The van der Waals surface area contributed by atoms with Gasteiger partial charge in [0.1, 0.15) is 5.82 Å². The summed E-state index contributed by atoms with van der Waals surface area (Å²) in [6.45, 7) is 2.95. The van der Waals surface area contributed by atoms with Gasteiger partial charge in [0.2, 0.25) is 0 Å². The van der Waals surface area contributed by atoms with Crippen molar-refractivity contribution >= 4 is 5.69 Å². The highest BCUT2D eigenvalue weighted by atomic mass is 19.1. The van der Waals surface area contributed by atoms with Crippen LogP contribution in [0, 0.1) is 5.82 Å². The van der Waals surface area contributed by atoms with E-state index >= 15 is 0 Å². The minimum Gasteiger partial charge on any atom is -0.394 e. The van der Waals surface area contributed by atoms with Gasteiger partial charge in [-0.05, 0) is 13.0 Å². The average molecular weight is 255 g/mol. The molecule has 0 bridgehead atoms. The predicted octanol–water partition coefficient (Wildman–Crippen LogP) is 1.08. The van der Waals surface area contributed by atoms with Crippen molar-refractivity contribution in [3.8, 4) is 0 Å². The highest BCUT2D eigenvalue weighted by Gasteiger charge is 2.25. The van der Waals surface area contributed by atoms with E-state index in [0.717, 1.165) is 0 Å². The quantitative estimate of drug-likeness (QED) is 0.848. The number of hydrogen-bond donors (Lipinski definition) is 2. The van der Waals surface area contributed by atoms with Gasteiger partial charge in [0.05, 0.1) is 31.1 Å². The second-order valence-corrected chi connectivity index (χ2v) is 4.48. The lowest BCUT2D eigenvalue weighted by Gasteiger charge is -2.35. The van der Waals surface area contributed by atoms with Gasteiger partial charge in [-0.15, -0.1) is 0 Å². The number of aliphatic hydroxyl groups is 2. The topological polar surface area (TPSA) is 52.9 Å². The summed E-state index contributed by atoms with van der Waals surface area (Å²) in [6, 6.07) is 4.68. The maximum absolute atomic E-state index is 14.0. The molecule has 0 radical (unpaired) electrons. The Hall–Kier alpha value is -1.17. The standard InChI is InChI=1S/C13H18FNO3/c1-9(17)11-3-2-4-12(14)13(11)15-5-6-18-10(7-15)8-16/h2-4,9-10,16-17H,5-8H2,1H3. The van der Waals surface area contributed by atoms with E-state index in [-0.39, 0.29) is 18.5 Å². The van der Waals surface area contributed by atoms with Gasteiger partial charge in [0, 0.05) is 18.7 Å². The maximum atomic E-state index is 14.0. The third-order valence-electron chi connectivity index (χ3n) is 3.13. The minimum atomic E-state index is -0.730. The third-order valence-corrected chi connectivity index (χ3v) is 3.13. The van der Waals surface area contributed by atoms with Crippen LogP contribution in [0.1, 0.15) is 18.6 Å². The fraction of sp³-hybridized carbons (Fsp3) is 0.538. The monoisotopic (exact) mass is 255 g/mol. The lowest BCUT2D eigenvalue weighted by Crippen LogP contribution is -2.44. The molecule has 4 nitrogen and oxygen atoms in total. The number of benzene rings is 1. The lowest BCUT2D eigenvalue weighted by molar-refractivity contribution is 0.00326. The van der Waals surface area contributed by atoms with Crippen molar-refractivity contribution in [2.75, 3.05) is 31.2 Å². The van der Waals surface area contributed by atoms with Gasteiger partial charge in [-0.3, -0.25) is 0 Å². The van der Waals surface area contributed by atoms with Crippen LogP contribution < -0.4 is 4.90 Å². The number of ether oxygens (including phenoxy) is 1. The zero-order chi connectivity index (χ0) is 13.1. The van der Waals surface area contributed by atoms with E-state index in [2.05, 4.69) is 0 Å². The summed E-state index contributed by atoms with van der Waals surface area (Å²) < 4.78 is 19.3. The number of para-hydroxylation sites is 1. The van der Waals surface area contributed by atoms with E-state index in [1.54, 1.807) is 19.1 Å². The highest BCUT2D eigenvalue weighted by Crippen LogP contribution is 2.30. The van der Waals surface area contributed by atoms with Gasteiger partial charge >= 0.3 is 0 Å². The van der Waals surface area contributed by atoms with Crippen molar-refractivity contribution in [1.29, 1.82) is 0 Å². The van der Waals surface area contributed by atoms with Gasteiger partial charge in [-0.1, -0.05) is 12.1 Å². The smallest absolute Gasteiger partial charge is 0.146 e. The van der Waals surface area contributed by atoms with Crippen LogP contribution in [-0.4, -0.2) is 42.6 Å². The van der Waals surface area contributed by atoms with Crippen LogP contribution in [0.3, 0.4) is 0 Å². The van der Waals surface area contributed by atoms with Crippen molar-refractivity contribution in [2.24, 2.45) is 0 Å². The molecule has 0 amide bonds. The van der Waals surface area contributed by atoms with Crippen LogP contribution in [0.4, 0.5) is 10.1 Å². The first-order valence-electron chi connectivity index (χ1n) is 6.07. The summed E-state index contributed by atoms with van der Waals surface area (Å²) in [5.74, 6) is -0.355. The Morgan fingerprint density at radius 3 is 3.00 bits per heavy atom. The first-order chi connectivity index (χ1) is 8.63. The summed E-state index contributed by atoms with van der Waals surface area (Å²) >= 11 is 0. The van der Waals surface area contributed by atoms with E-state index in [9.17, 15) is 9.50 Å². The van der Waals surface area contributed by atoms with Crippen LogP contribution in [0.25, 0.3) is 0 Å². The van der Waals surface area contributed by atoms with E-state index in [0.29, 0.717) is 30.9 Å². The molecule has 5 heteroatoms. The number of nitrogens with zero attached hydrogens (tertiary/aromatic N) is 1. The summed E-state index contributed by atoms with van der Waals surface area (Å²) in [7, 11) is 0. The second kappa shape index (κ2) is 5.65. The molecule has 18 heavy (non-hydrogen) atoms. The molecule has 0 spiro atoms. The molecule has 1 aromatic rings. The third kappa shape index (κ3) is 2.63. The van der Waals surface area contributed by atoms with E-state index in [1.165, 1.54) is 6.07 Å². The van der Waals surface area contributed by atoms with Crippen LogP contribution in [0.15, 0.2) is 18.2 Å². The van der Waals surface area contributed by atoms with Crippen LogP contribution in [0.2, 0.25) is 0 Å². The molecule has 0 aliphatic carbocycles. The lowest BCUT2D eigenvalue weighted by atomic mass is 10.1. The van der Waals surface area contributed by atoms with E-state index in [1.807, 2.05) is 4.90 Å². The zero-order valence-electron chi connectivity index (χ0n) is 10.3. The van der Waals surface area contributed by atoms with Gasteiger partial charge in [-0.25, -0.2) is 4.39 Å². The van der Waals surface area contributed by atoms with Crippen LogP contribution in [0.5, 0.6) is 0 Å². The van der Waals surface area contributed by atoms with Gasteiger partial charge < -0.3 is 19.8 Å². The van der Waals surface area contributed by atoms with Gasteiger partial charge in [-0.2, -0.15) is 0 Å².